The lowest BCUT2D eigenvalue weighted by Gasteiger charge is -1.87. The van der Waals surface area contributed by atoms with Crippen molar-refractivity contribution in [2.24, 2.45) is 4.99 Å². The summed E-state index contributed by atoms with van der Waals surface area (Å²) in [5, 5.41) is 8.43. The van der Waals surface area contributed by atoms with Gasteiger partial charge in [-0.15, -0.1) is 0 Å². The zero-order chi connectivity index (χ0) is 7.28. The van der Waals surface area contributed by atoms with Gasteiger partial charge in [-0.2, -0.15) is 5.26 Å². The summed E-state index contributed by atoms with van der Waals surface area (Å²) in [6, 6.07) is 2.03. The number of hydrogen-bond acceptors (Lipinski definition) is 2. The Labute approximate surface area is 55.5 Å². The Morgan fingerprint density at radius 3 is 2.22 bits per heavy atom. The molecule has 0 saturated carbocycles. The van der Waals surface area contributed by atoms with Crippen molar-refractivity contribution in [1.82, 2.24) is 0 Å². The summed E-state index contributed by atoms with van der Waals surface area (Å²) >= 11 is 0. The van der Waals surface area contributed by atoms with Crippen LogP contribution in [0.4, 0.5) is 0 Å². The standard InChI is InChI=1S/C7H10N2/c1-6(2)7(4-8)5-9-3/h5H,1-3H3/b9-5-. The smallest absolute Gasteiger partial charge is 0.101 e. The summed E-state index contributed by atoms with van der Waals surface area (Å²) in [5.74, 6) is 0. The van der Waals surface area contributed by atoms with Gasteiger partial charge in [0.2, 0.25) is 0 Å². The van der Waals surface area contributed by atoms with Crippen molar-refractivity contribution < 1.29 is 0 Å². The van der Waals surface area contributed by atoms with E-state index in [1.807, 2.05) is 19.9 Å². The van der Waals surface area contributed by atoms with Crippen LogP contribution in [0.3, 0.4) is 0 Å². The molecule has 0 aromatic heterocycles. The number of hydrogen-bond donors (Lipinski definition) is 0. The molecule has 0 rings (SSSR count). The highest BCUT2D eigenvalue weighted by atomic mass is 14.6. The molecule has 9 heavy (non-hydrogen) atoms. The normalized spacial score (nSPS) is 9.11. The lowest BCUT2D eigenvalue weighted by molar-refractivity contribution is 1.35. The molecule has 0 aliphatic heterocycles. The van der Waals surface area contributed by atoms with Crippen LogP contribution in [0.25, 0.3) is 0 Å². The zero-order valence-electron chi connectivity index (χ0n) is 5.97. The van der Waals surface area contributed by atoms with Crippen molar-refractivity contribution in [3.63, 3.8) is 0 Å². The van der Waals surface area contributed by atoms with Gasteiger partial charge in [0.25, 0.3) is 0 Å². The molecule has 0 radical (unpaired) electrons. The third-order valence-corrected chi connectivity index (χ3v) is 0.917. The van der Waals surface area contributed by atoms with E-state index in [1.165, 1.54) is 0 Å². The molecular formula is C7H10N2. The highest BCUT2D eigenvalue weighted by Gasteiger charge is 1.89. The Hall–Kier alpha value is -1.10. The SMILES string of the molecule is C/N=C\C(C#N)=C(C)C. The van der Waals surface area contributed by atoms with Crippen LogP contribution in [0, 0.1) is 11.3 Å². The minimum Gasteiger partial charge on any atom is -0.295 e. The fourth-order valence-electron chi connectivity index (χ4n) is 0.399. The topological polar surface area (TPSA) is 36.1 Å². The zero-order valence-corrected chi connectivity index (χ0v) is 5.97. The van der Waals surface area contributed by atoms with Crippen LogP contribution in [0.5, 0.6) is 0 Å². The van der Waals surface area contributed by atoms with Gasteiger partial charge in [0.1, 0.15) is 6.07 Å². The fraction of sp³-hybridized carbons (Fsp3) is 0.429. The van der Waals surface area contributed by atoms with Crippen molar-refractivity contribution in [2.45, 2.75) is 13.8 Å². The second kappa shape index (κ2) is 3.85. The maximum absolute atomic E-state index is 8.43. The van der Waals surface area contributed by atoms with Gasteiger partial charge in [-0.05, 0) is 13.8 Å². The van der Waals surface area contributed by atoms with Crippen molar-refractivity contribution in [3.8, 4) is 6.07 Å². The molecule has 0 aromatic rings. The second-order valence-electron chi connectivity index (χ2n) is 1.91. The van der Waals surface area contributed by atoms with Crippen LogP contribution in [-0.4, -0.2) is 13.3 Å². The van der Waals surface area contributed by atoms with E-state index < -0.39 is 0 Å². The van der Waals surface area contributed by atoms with E-state index in [9.17, 15) is 0 Å². The Morgan fingerprint density at radius 2 is 2.11 bits per heavy atom. The highest BCUT2D eigenvalue weighted by Crippen LogP contribution is 1.96. The molecule has 0 amide bonds. The van der Waals surface area contributed by atoms with E-state index in [2.05, 4.69) is 4.99 Å². The number of rotatable bonds is 1. The summed E-state index contributed by atoms with van der Waals surface area (Å²) in [4.78, 5) is 3.72. The summed E-state index contributed by atoms with van der Waals surface area (Å²) in [6.07, 6.45) is 1.56. The van der Waals surface area contributed by atoms with E-state index in [0.29, 0.717) is 5.57 Å². The third kappa shape index (κ3) is 2.65. The summed E-state index contributed by atoms with van der Waals surface area (Å²) in [5.41, 5.74) is 1.65. The largest absolute Gasteiger partial charge is 0.295 e. The minimum absolute atomic E-state index is 0.650. The highest BCUT2D eigenvalue weighted by molar-refractivity contribution is 5.84. The van der Waals surface area contributed by atoms with E-state index in [0.717, 1.165) is 5.57 Å². The maximum atomic E-state index is 8.43. The molecule has 0 fully saturated rings. The van der Waals surface area contributed by atoms with Crippen molar-refractivity contribution >= 4 is 6.21 Å². The van der Waals surface area contributed by atoms with E-state index in [-0.39, 0.29) is 0 Å². The first-order valence-electron chi connectivity index (χ1n) is 2.72. The molecule has 2 heteroatoms. The predicted molar refractivity (Wildman–Crippen MR) is 38.4 cm³/mol. The predicted octanol–water partition coefficient (Wildman–Crippen LogP) is 1.55. The number of nitrogens with zero attached hydrogens (tertiary/aromatic N) is 2. The van der Waals surface area contributed by atoms with Crippen molar-refractivity contribution in [2.75, 3.05) is 7.05 Å². The Morgan fingerprint density at radius 1 is 1.56 bits per heavy atom. The van der Waals surface area contributed by atoms with Crippen LogP contribution in [-0.2, 0) is 0 Å². The Balaban J connectivity index is 4.41. The quantitative estimate of drug-likeness (QED) is 0.384. The first kappa shape index (κ1) is 7.90. The van der Waals surface area contributed by atoms with Crippen molar-refractivity contribution in [3.05, 3.63) is 11.1 Å². The molecular weight excluding hydrogens is 112 g/mol. The number of aliphatic imine (C=N–C) groups is 1. The summed E-state index contributed by atoms with van der Waals surface area (Å²) in [6.45, 7) is 3.78. The average Bonchev–Trinajstić information content (AvgIpc) is 1.82. The van der Waals surface area contributed by atoms with Gasteiger partial charge >= 0.3 is 0 Å². The minimum atomic E-state index is 0.650. The summed E-state index contributed by atoms with van der Waals surface area (Å²) < 4.78 is 0. The summed E-state index contributed by atoms with van der Waals surface area (Å²) in [7, 11) is 1.65. The van der Waals surface area contributed by atoms with E-state index >= 15 is 0 Å². The first-order chi connectivity index (χ1) is 4.22. The van der Waals surface area contributed by atoms with Crippen LogP contribution in [0.1, 0.15) is 13.8 Å². The van der Waals surface area contributed by atoms with Gasteiger partial charge in [0, 0.05) is 13.3 Å². The third-order valence-electron chi connectivity index (χ3n) is 0.917. The van der Waals surface area contributed by atoms with E-state index in [4.69, 9.17) is 5.26 Å². The lowest BCUT2D eigenvalue weighted by atomic mass is 10.2. The molecule has 0 atom stereocenters. The monoisotopic (exact) mass is 122 g/mol. The first-order valence-corrected chi connectivity index (χ1v) is 2.72. The average molecular weight is 122 g/mol. The van der Waals surface area contributed by atoms with Crippen LogP contribution < -0.4 is 0 Å². The molecule has 0 spiro atoms. The molecule has 0 aliphatic carbocycles. The van der Waals surface area contributed by atoms with Gasteiger partial charge in [0.05, 0.1) is 5.57 Å². The van der Waals surface area contributed by atoms with Crippen LogP contribution in [0.15, 0.2) is 16.1 Å². The van der Waals surface area contributed by atoms with Crippen LogP contribution in [0.2, 0.25) is 0 Å². The molecule has 0 heterocycles. The molecule has 0 saturated heterocycles. The van der Waals surface area contributed by atoms with Crippen LogP contribution >= 0.6 is 0 Å². The lowest BCUT2D eigenvalue weighted by Crippen LogP contribution is -1.82. The molecule has 48 valence electrons. The second-order valence-corrected chi connectivity index (χ2v) is 1.91. The van der Waals surface area contributed by atoms with Gasteiger partial charge in [0.15, 0.2) is 0 Å². The van der Waals surface area contributed by atoms with Gasteiger partial charge in [-0.1, -0.05) is 5.57 Å². The van der Waals surface area contributed by atoms with E-state index in [1.54, 1.807) is 13.3 Å². The maximum Gasteiger partial charge on any atom is 0.101 e. The molecule has 0 aromatic carbocycles. The number of nitriles is 1. The Kier molecular flexibility index (Phi) is 3.38. The molecule has 0 bridgehead atoms. The molecule has 2 nitrogen and oxygen atoms in total. The molecule has 0 N–H and O–H groups in total. The Bertz CT molecular complexity index is 178. The van der Waals surface area contributed by atoms with Gasteiger partial charge < -0.3 is 0 Å². The van der Waals surface area contributed by atoms with Gasteiger partial charge in [-0.25, -0.2) is 0 Å². The molecule has 0 unspecified atom stereocenters. The van der Waals surface area contributed by atoms with Crippen molar-refractivity contribution in [1.29, 1.82) is 5.26 Å². The fourth-order valence-corrected chi connectivity index (χ4v) is 0.399. The van der Waals surface area contributed by atoms with Gasteiger partial charge in [-0.3, -0.25) is 4.99 Å². The molecule has 0 aliphatic rings. The number of allylic oxidation sites excluding steroid dienone is 2.